The summed E-state index contributed by atoms with van der Waals surface area (Å²) in [5.41, 5.74) is 3.17. The molecule has 0 fully saturated rings. The lowest BCUT2D eigenvalue weighted by atomic mass is 9.97. The predicted molar refractivity (Wildman–Crippen MR) is 95.8 cm³/mol. The topological polar surface area (TPSA) is 49.4 Å². The summed E-state index contributed by atoms with van der Waals surface area (Å²) < 4.78 is 0. The van der Waals surface area contributed by atoms with Crippen LogP contribution in [0.15, 0.2) is 18.2 Å². The van der Waals surface area contributed by atoms with Crippen molar-refractivity contribution in [1.29, 1.82) is 0 Å². The van der Waals surface area contributed by atoms with Crippen LogP contribution in [0.25, 0.3) is 0 Å². The van der Waals surface area contributed by atoms with E-state index >= 15 is 0 Å². The molecular weight excluding hydrogens is 288 g/mol. The Morgan fingerprint density at radius 2 is 1.96 bits per heavy atom. The number of benzene rings is 1. The number of carbonyl (C=O) groups is 2. The van der Waals surface area contributed by atoms with Gasteiger partial charge in [0.05, 0.1) is 0 Å². The Morgan fingerprint density at radius 1 is 1.26 bits per heavy atom. The molecule has 0 radical (unpaired) electrons. The normalized spacial score (nSPS) is 10.7. The maximum atomic E-state index is 12.1. The molecule has 0 bridgehead atoms. The largest absolute Gasteiger partial charge is 0.356 e. The number of hydrogen-bond acceptors (Lipinski definition) is 2. The summed E-state index contributed by atoms with van der Waals surface area (Å²) in [7, 11) is 0. The van der Waals surface area contributed by atoms with E-state index in [1.807, 2.05) is 19.1 Å². The Morgan fingerprint density at radius 3 is 2.52 bits per heavy atom. The number of carbonyl (C=O) groups excluding carboxylic acids is 2. The van der Waals surface area contributed by atoms with Crippen LogP contribution in [0.2, 0.25) is 0 Å². The third-order valence-corrected chi connectivity index (χ3v) is 3.96. The highest BCUT2D eigenvalue weighted by Gasteiger charge is 2.19. The third-order valence-electron chi connectivity index (χ3n) is 3.96. The minimum atomic E-state index is -0.0254. The second-order valence-electron chi connectivity index (χ2n) is 6.29. The zero-order valence-electron chi connectivity index (χ0n) is 15.1. The van der Waals surface area contributed by atoms with E-state index in [1.165, 1.54) is 0 Å². The molecule has 0 atom stereocenters. The van der Waals surface area contributed by atoms with Crippen molar-refractivity contribution in [2.45, 2.75) is 59.8 Å². The SMILES string of the molecule is CCCCNC(=O)CCN(C(C)=O)c1c(C)cccc1C(C)C. The van der Waals surface area contributed by atoms with Crippen molar-refractivity contribution < 1.29 is 9.59 Å². The molecule has 4 heteroatoms. The van der Waals surface area contributed by atoms with Crippen LogP contribution in [-0.2, 0) is 9.59 Å². The summed E-state index contributed by atoms with van der Waals surface area (Å²) in [5.74, 6) is 0.303. The van der Waals surface area contributed by atoms with E-state index in [1.54, 1.807) is 11.8 Å². The highest BCUT2D eigenvalue weighted by molar-refractivity contribution is 5.94. The molecule has 2 amide bonds. The monoisotopic (exact) mass is 318 g/mol. The lowest BCUT2D eigenvalue weighted by molar-refractivity contribution is -0.121. The first kappa shape index (κ1) is 19.2. The first-order valence-corrected chi connectivity index (χ1v) is 8.52. The minimum absolute atomic E-state index is 0.00406. The highest BCUT2D eigenvalue weighted by atomic mass is 16.2. The number of aryl methyl sites for hydroxylation is 1. The van der Waals surface area contributed by atoms with Gasteiger partial charge < -0.3 is 10.2 Å². The Kier molecular flexibility index (Phi) is 7.79. The van der Waals surface area contributed by atoms with Gasteiger partial charge in [-0.1, -0.05) is 45.4 Å². The van der Waals surface area contributed by atoms with Crippen LogP contribution in [0.5, 0.6) is 0 Å². The lowest BCUT2D eigenvalue weighted by Gasteiger charge is -2.27. The van der Waals surface area contributed by atoms with Crippen LogP contribution in [0.1, 0.15) is 64.0 Å². The number of nitrogens with one attached hydrogen (secondary N) is 1. The first-order chi connectivity index (χ1) is 10.9. The van der Waals surface area contributed by atoms with Crippen LogP contribution in [-0.4, -0.2) is 24.9 Å². The van der Waals surface area contributed by atoms with Crippen molar-refractivity contribution in [2.75, 3.05) is 18.0 Å². The van der Waals surface area contributed by atoms with Crippen molar-refractivity contribution in [2.24, 2.45) is 0 Å². The highest BCUT2D eigenvalue weighted by Crippen LogP contribution is 2.31. The molecule has 1 rings (SSSR count). The zero-order chi connectivity index (χ0) is 17.4. The summed E-state index contributed by atoms with van der Waals surface area (Å²) in [6.45, 7) is 11.0. The second-order valence-corrected chi connectivity index (χ2v) is 6.29. The molecule has 0 aliphatic carbocycles. The van der Waals surface area contributed by atoms with E-state index in [0.29, 0.717) is 25.4 Å². The van der Waals surface area contributed by atoms with Gasteiger partial charge in [0.15, 0.2) is 0 Å². The molecule has 0 aliphatic heterocycles. The zero-order valence-corrected chi connectivity index (χ0v) is 15.1. The predicted octanol–water partition coefficient (Wildman–Crippen LogP) is 3.78. The van der Waals surface area contributed by atoms with E-state index in [0.717, 1.165) is 29.7 Å². The van der Waals surface area contributed by atoms with Crippen LogP contribution >= 0.6 is 0 Å². The van der Waals surface area contributed by atoms with Crippen LogP contribution < -0.4 is 10.2 Å². The summed E-state index contributed by atoms with van der Waals surface area (Å²) >= 11 is 0. The smallest absolute Gasteiger partial charge is 0.223 e. The van der Waals surface area contributed by atoms with Crippen LogP contribution in [0.3, 0.4) is 0 Å². The molecule has 1 N–H and O–H groups in total. The lowest BCUT2D eigenvalue weighted by Crippen LogP contribution is -2.35. The molecule has 0 aliphatic rings. The van der Waals surface area contributed by atoms with Gasteiger partial charge in [0.2, 0.25) is 11.8 Å². The molecule has 0 saturated heterocycles. The van der Waals surface area contributed by atoms with Gasteiger partial charge in [-0.25, -0.2) is 0 Å². The quantitative estimate of drug-likeness (QED) is 0.742. The van der Waals surface area contributed by atoms with Crippen LogP contribution in [0.4, 0.5) is 5.69 Å². The summed E-state index contributed by atoms with van der Waals surface area (Å²) in [4.78, 5) is 25.8. The Balaban J connectivity index is 2.88. The van der Waals surface area contributed by atoms with Crippen molar-refractivity contribution in [3.8, 4) is 0 Å². The van der Waals surface area contributed by atoms with Gasteiger partial charge >= 0.3 is 0 Å². The average molecular weight is 318 g/mol. The van der Waals surface area contributed by atoms with Gasteiger partial charge in [0.1, 0.15) is 0 Å². The van der Waals surface area contributed by atoms with E-state index in [2.05, 4.69) is 32.2 Å². The molecule has 0 spiro atoms. The van der Waals surface area contributed by atoms with E-state index in [-0.39, 0.29) is 11.8 Å². The minimum Gasteiger partial charge on any atom is -0.356 e. The van der Waals surface area contributed by atoms with Crippen molar-refractivity contribution in [3.05, 3.63) is 29.3 Å². The number of anilines is 1. The molecule has 1 aromatic carbocycles. The molecule has 4 nitrogen and oxygen atoms in total. The maximum absolute atomic E-state index is 12.1. The standard InChI is InChI=1S/C19H30N2O2/c1-6-7-12-20-18(23)11-13-21(16(5)22)19-15(4)9-8-10-17(19)14(2)3/h8-10,14H,6-7,11-13H2,1-5H3,(H,20,23). The maximum Gasteiger partial charge on any atom is 0.223 e. The molecule has 1 aromatic rings. The number of hydrogen-bond donors (Lipinski definition) is 1. The number of nitrogens with zero attached hydrogens (tertiary/aromatic N) is 1. The van der Waals surface area contributed by atoms with Crippen LogP contribution in [0, 0.1) is 6.92 Å². The van der Waals surface area contributed by atoms with Gasteiger partial charge in [0, 0.05) is 32.1 Å². The average Bonchev–Trinajstić information content (AvgIpc) is 2.48. The fraction of sp³-hybridized carbons (Fsp3) is 0.579. The number of rotatable bonds is 8. The molecule has 0 saturated carbocycles. The summed E-state index contributed by atoms with van der Waals surface area (Å²) in [5, 5.41) is 2.90. The molecule has 0 unspecified atom stereocenters. The van der Waals surface area contributed by atoms with Gasteiger partial charge in [-0.05, 0) is 30.4 Å². The molecular formula is C19H30N2O2. The summed E-state index contributed by atoms with van der Waals surface area (Å²) in [6, 6.07) is 6.09. The van der Waals surface area contributed by atoms with Crippen molar-refractivity contribution in [1.82, 2.24) is 5.32 Å². The molecule has 23 heavy (non-hydrogen) atoms. The Labute approximate surface area is 140 Å². The third kappa shape index (κ3) is 5.70. The summed E-state index contributed by atoms with van der Waals surface area (Å²) in [6.07, 6.45) is 2.37. The Hall–Kier alpha value is -1.84. The van der Waals surface area contributed by atoms with Gasteiger partial charge in [0.25, 0.3) is 0 Å². The number of unbranched alkanes of at least 4 members (excludes halogenated alkanes) is 1. The van der Waals surface area contributed by atoms with Gasteiger partial charge in [-0.15, -0.1) is 0 Å². The van der Waals surface area contributed by atoms with Gasteiger partial charge in [-0.3, -0.25) is 9.59 Å². The van der Waals surface area contributed by atoms with Gasteiger partial charge in [-0.2, -0.15) is 0 Å². The van der Waals surface area contributed by atoms with Crippen molar-refractivity contribution >= 4 is 17.5 Å². The van der Waals surface area contributed by atoms with E-state index in [4.69, 9.17) is 0 Å². The molecule has 0 aromatic heterocycles. The number of amides is 2. The van der Waals surface area contributed by atoms with E-state index in [9.17, 15) is 9.59 Å². The number of para-hydroxylation sites is 1. The second kappa shape index (κ2) is 9.33. The fourth-order valence-corrected chi connectivity index (χ4v) is 2.65. The molecule has 0 heterocycles. The van der Waals surface area contributed by atoms with Crippen molar-refractivity contribution in [3.63, 3.8) is 0 Å². The first-order valence-electron chi connectivity index (χ1n) is 8.52. The Bertz CT molecular complexity index is 538. The van der Waals surface area contributed by atoms with E-state index < -0.39 is 0 Å². The fourth-order valence-electron chi connectivity index (χ4n) is 2.65. The molecule has 128 valence electrons.